The van der Waals surface area contributed by atoms with E-state index >= 15 is 0 Å². The van der Waals surface area contributed by atoms with Crippen molar-refractivity contribution in [1.82, 2.24) is 4.90 Å². The van der Waals surface area contributed by atoms with Gasteiger partial charge in [-0.3, -0.25) is 4.79 Å². The van der Waals surface area contributed by atoms with E-state index in [0.29, 0.717) is 18.4 Å². The highest BCUT2D eigenvalue weighted by atomic mass is 16.2. The number of hydrogen-bond donors (Lipinski definition) is 1. The summed E-state index contributed by atoms with van der Waals surface area (Å²) in [6.45, 7) is 7.44. The lowest BCUT2D eigenvalue weighted by molar-refractivity contribution is -0.135. The largest absolute Gasteiger partial charge is 0.340 e. The van der Waals surface area contributed by atoms with Crippen LogP contribution in [-0.4, -0.2) is 29.4 Å². The lowest BCUT2D eigenvalue weighted by Crippen LogP contribution is -2.44. The molecule has 2 atom stereocenters. The van der Waals surface area contributed by atoms with Crippen molar-refractivity contribution in [3.05, 3.63) is 0 Å². The van der Waals surface area contributed by atoms with Gasteiger partial charge >= 0.3 is 0 Å². The monoisotopic (exact) mass is 254 g/mol. The lowest BCUT2D eigenvalue weighted by atomic mass is 9.94. The first-order chi connectivity index (χ1) is 8.50. The van der Waals surface area contributed by atoms with Crippen LogP contribution in [0.1, 0.15) is 65.7 Å². The Balaban J connectivity index is 2.45. The molecule has 0 aromatic heterocycles. The van der Waals surface area contributed by atoms with E-state index in [9.17, 15) is 4.79 Å². The van der Waals surface area contributed by atoms with Crippen molar-refractivity contribution in [2.24, 2.45) is 11.7 Å². The SMILES string of the molecule is CC(C)CCC1CCCCN1C(=O)CCC(C)N. The number of carbonyl (C=O) groups is 1. The van der Waals surface area contributed by atoms with Crippen LogP contribution in [0.3, 0.4) is 0 Å². The minimum atomic E-state index is 0.132. The Morgan fingerprint density at radius 3 is 2.61 bits per heavy atom. The Morgan fingerprint density at radius 1 is 1.28 bits per heavy atom. The van der Waals surface area contributed by atoms with Gasteiger partial charge in [-0.25, -0.2) is 0 Å². The molecule has 1 amide bonds. The standard InChI is InChI=1S/C15H30N2O/c1-12(2)7-9-14-6-4-5-11-17(14)15(18)10-8-13(3)16/h12-14H,4-11,16H2,1-3H3. The van der Waals surface area contributed by atoms with Gasteiger partial charge in [0, 0.05) is 25.0 Å². The van der Waals surface area contributed by atoms with E-state index in [4.69, 9.17) is 5.73 Å². The second kappa shape index (κ2) is 7.78. The fraction of sp³-hybridized carbons (Fsp3) is 0.933. The molecule has 0 saturated carbocycles. The molecule has 106 valence electrons. The number of nitrogens with two attached hydrogens (primary N) is 1. The molecule has 0 bridgehead atoms. The summed E-state index contributed by atoms with van der Waals surface area (Å²) in [5, 5.41) is 0. The molecule has 0 spiro atoms. The molecule has 0 radical (unpaired) electrons. The first-order valence-corrected chi connectivity index (χ1v) is 7.55. The number of rotatable bonds is 6. The molecule has 0 aliphatic carbocycles. The summed E-state index contributed by atoms with van der Waals surface area (Å²) in [6, 6.07) is 0.620. The van der Waals surface area contributed by atoms with Gasteiger partial charge in [0.15, 0.2) is 0 Å². The zero-order valence-electron chi connectivity index (χ0n) is 12.3. The molecule has 1 fully saturated rings. The third-order valence-electron chi connectivity index (χ3n) is 3.84. The first kappa shape index (κ1) is 15.5. The van der Waals surface area contributed by atoms with Crippen molar-refractivity contribution in [3.63, 3.8) is 0 Å². The molecule has 2 N–H and O–H groups in total. The molecule has 1 rings (SSSR count). The molecule has 0 aromatic carbocycles. The van der Waals surface area contributed by atoms with Crippen LogP contribution in [0.4, 0.5) is 0 Å². The van der Waals surface area contributed by atoms with E-state index in [1.165, 1.54) is 32.1 Å². The summed E-state index contributed by atoms with van der Waals surface area (Å²) in [7, 11) is 0. The van der Waals surface area contributed by atoms with Crippen molar-refractivity contribution in [1.29, 1.82) is 0 Å². The average Bonchev–Trinajstić information content (AvgIpc) is 2.33. The molecule has 1 saturated heterocycles. The van der Waals surface area contributed by atoms with Gasteiger partial charge in [-0.15, -0.1) is 0 Å². The number of carbonyl (C=O) groups excluding carboxylic acids is 1. The normalized spacial score (nSPS) is 22.3. The van der Waals surface area contributed by atoms with Crippen LogP contribution in [0.2, 0.25) is 0 Å². The highest BCUT2D eigenvalue weighted by Crippen LogP contribution is 2.23. The molecule has 3 nitrogen and oxygen atoms in total. The highest BCUT2D eigenvalue weighted by molar-refractivity contribution is 5.76. The second-order valence-electron chi connectivity index (χ2n) is 6.22. The van der Waals surface area contributed by atoms with Crippen LogP contribution in [-0.2, 0) is 4.79 Å². The van der Waals surface area contributed by atoms with E-state index in [2.05, 4.69) is 18.7 Å². The van der Waals surface area contributed by atoms with Gasteiger partial charge in [-0.2, -0.15) is 0 Å². The molecule has 0 aromatic rings. The van der Waals surface area contributed by atoms with Crippen molar-refractivity contribution in [2.75, 3.05) is 6.54 Å². The summed E-state index contributed by atoms with van der Waals surface area (Å²) in [4.78, 5) is 14.4. The van der Waals surface area contributed by atoms with E-state index in [1.807, 2.05) is 6.92 Å². The third-order valence-corrected chi connectivity index (χ3v) is 3.84. The second-order valence-corrected chi connectivity index (χ2v) is 6.22. The predicted octanol–water partition coefficient (Wildman–Crippen LogP) is 2.93. The summed E-state index contributed by atoms with van der Waals surface area (Å²) >= 11 is 0. The van der Waals surface area contributed by atoms with Crippen molar-refractivity contribution in [3.8, 4) is 0 Å². The van der Waals surface area contributed by atoms with Gasteiger partial charge in [0.2, 0.25) is 5.91 Å². The molecular weight excluding hydrogens is 224 g/mol. The molecular formula is C15H30N2O. The third kappa shape index (κ3) is 5.38. The maximum atomic E-state index is 12.2. The van der Waals surface area contributed by atoms with E-state index in [1.54, 1.807) is 0 Å². The fourth-order valence-electron chi connectivity index (χ4n) is 2.65. The minimum absolute atomic E-state index is 0.132. The highest BCUT2D eigenvalue weighted by Gasteiger charge is 2.26. The first-order valence-electron chi connectivity index (χ1n) is 7.55. The van der Waals surface area contributed by atoms with E-state index in [-0.39, 0.29) is 6.04 Å². The number of piperidine rings is 1. The maximum Gasteiger partial charge on any atom is 0.222 e. The van der Waals surface area contributed by atoms with Crippen LogP contribution in [0.15, 0.2) is 0 Å². The summed E-state index contributed by atoms with van der Waals surface area (Å²) in [5.74, 6) is 1.05. The maximum absolute atomic E-state index is 12.2. The van der Waals surface area contributed by atoms with Gasteiger partial charge in [0.1, 0.15) is 0 Å². The van der Waals surface area contributed by atoms with Crippen molar-refractivity contribution < 1.29 is 4.79 Å². The van der Waals surface area contributed by atoms with Crippen LogP contribution < -0.4 is 5.73 Å². The van der Waals surface area contributed by atoms with Crippen LogP contribution in [0.5, 0.6) is 0 Å². The van der Waals surface area contributed by atoms with Gasteiger partial charge in [0.05, 0.1) is 0 Å². The summed E-state index contributed by atoms with van der Waals surface area (Å²) in [5.41, 5.74) is 5.73. The summed E-state index contributed by atoms with van der Waals surface area (Å²) < 4.78 is 0. The molecule has 1 heterocycles. The van der Waals surface area contributed by atoms with Crippen molar-refractivity contribution in [2.45, 2.75) is 77.8 Å². The van der Waals surface area contributed by atoms with Gasteiger partial charge in [0.25, 0.3) is 0 Å². The molecule has 1 aliphatic heterocycles. The zero-order chi connectivity index (χ0) is 13.5. The van der Waals surface area contributed by atoms with Gasteiger partial charge in [-0.05, 0) is 51.4 Å². The average molecular weight is 254 g/mol. The van der Waals surface area contributed by atoms with E-state index < -0.39 is 0 Å². The van der Waals surface area contributed by atoms with Gasteiger partial charge < -0.3 is 10.6 Å². The number of likely N-dealkylation sites (tertiary alicyclic amines) is 1. The fourth-order valence-corrected chi connectivity index (χ4v) is 2.65. The smallest absolute Gasteiger partial charge is 0.222 e. The molecule has 2 unspecified atom stereocenters. The lowest BCUT2D eigenvalue weighted by Gasteiger charge is -2.36. The number of nitrogens with zero attached hydrogens (tertiary/aromatic N) is 1. The van der Waals surface area contributed by atoms with Crippen LogP contribution >= 0.6 is 0 Å². The molecule has 3 heteroatoms. The quantitative estimate of drug-likeness (QED) is 0.792. The Labute approximate surface area is 112 Å². The van der Waals surface area contributed by atoms with E-state index in [0.717, 1.165) is 18.9 Å². The Kier molecular flexibility index (Phi) is 6.69. The molecule has 18 heavy (non-hydrogen) atoms. The topological polar surface area (TPSA) is 46.3 Å². The Hall–Kier alpha value is -0.570. The predicted molar refractivity (Wildman–Crippen MR) is 76.3 cm³/mol. The number of amides is 1. The van der Waals surface area contributed by atoms with Crippen LogP contribution in [0.25, 0.3) is 0 Å². The number of hydrogen-bond acceptors (Lipinski definition) is 2. The van der Waals surface area contributed by atoms with Crippen LogP contribution in [0, 0.1) is 5.92 Å². The minimum Gasteiger partial charge on any atom is -0.340 e. The Bertz CT molecular complexity index is 251. The Morgan fingerprint density at radius 2 is 2.00 bits per heavy atom. The zero-order valence-corrected chi connectivity index (χ0v) is 12.3. The summed E-state index contributed by atoms with van der Waals surface area (Å²) in [6.07, 6.45) is 7.46. The van der Waals surface area contributed by atoms with Gasteiger partial charge in [-0.1, -0.05) is 13.8 Å². The van der Waals surface area contributed by atoms with Crippen molar-refractivity contribution >= 4 is 5.91 Å². The molecule has 1 aliphatic rings.